The Morgan fingerprint density at radius 2 is 1.56 bits per heavy atom. The highest BCUT2D eigenvalue weighted by atomic mass is 16.3. The third kappa shape index (κ3) is 5.15. The van der Waals surface area contributed by atoms with Crippen molar-refractivity contribution < 1.29 is 10.2 Å². The molecule has 2 aromatic carbocycles. The Bertz CT molecular complexity index is 870. The summed E-state index contributed by atoms with van der Waals surface area (Å²) in [5.74, 6) is 0.552. The summed E-state index contributed by atoms with van der Waals surface area (Å²) < 4.78 is 0. The fourth-order valence-corrected chi connectivity index (χ4v) is 3.60. The first kappa shape index (κ1) is 21.1. The molecule has 2 aromatic rings. The Balaban J connectivity index is 2.22. The van der Waals surface area contributed by atoms with E-state index in [1.165, 1.54) is 11.1 Å². The Hall–Kier alpha value is -2.22. The molecule has 146 valence electrons. The second-order valence-corrected chi connectivity index (χ2v) is 8.55. The molecule has 0 aliphatic rings. The highest BCUT2D eigenvalue weighted by Crippen LogP contribution is 2.39. The van der Waals surface area contributed by atoms with Crippen molar-refractivity contribution in [3.8, 4) is 11.5 Å². The van der Waals surface area contributed by atoms with Crippen LogP contribution in [-0.2, 0) is 6.42 Å². The van der Waals surface area contributed by atoms with Crippen molar-refractivity contribution in [2.75, 3.05) is 0 Å². The smallest absolute Gasteiger partial charge is 0.127 e. The number of rotatable bonds is 7. The first-order valence-corrected chi connectivity index (χ1v) is 9.89. The zero-order chi connectivity index (χ0) is 20.2. The lowest BCUT2D eigenvalue weighted by atomic mass is 9.82. The second-order valence-electron chi connectivity index (χ2n) is 8.55. The number of hydrogen-bond donors (Lipinski definition) is 2. The standard InChI is InChI=1S/C25H34O2/c1-7-17(2)14-15-25(5,6)16-18(3)12-13-20-19(4)23(26)21-10-8-9-11-22(21)24(20)27/h8-12,14,26-27H,7,13,15-16H2,1-6H3/b17-14+,18-12+. The minimum atomic E-state index is 0.208. The maximum Gasteiger partial charge on any atom is 0.127 e. The molecule has 0 amide bonds. The molecular weight excluding hydrogens is 332 g/mol. The molecule has 0 saturated heterocycles. The number of phenols is 2. The van der Waals surface area contributed by atoms with Gasteiger partial charge in [0, 0.05) is 16.3 Å². The summed E-state index contributed by atoms with van der Waals surface area (Å²) in [4.78, 5) is 0. The van der Waals surface area contributed by atoms with Crippen molar-refractivity contribution in [1.29, 1.82) is 0 Å². The van der Waals surface area contributed by atoms with Crippen molar-refractivity contribution in [1.82, 2.24) is 0 Å². The Labute approximate surface area is 164 Å². The molecule has 0 heterocycles. The summed E-state index contributed by atoms with van der Waals surface area (Å²) in [7, 11) is 0. The topological polar surface area (TPSA) is 40.5 Å². The van der Waals surface area contributed by atoms with E-state index in [1.807, 2.05) is 31.2 Å². The zero-order valence-electron chi connectivity index (χ0n) is 17.7. The van der Waals surface area contributed by atoms with Gasteiger partial charge in [0.05, 0.1) is 0 Å². The highest BCUT2D eigenvalue weighted by Gasteiger charge is 2.18. The number of allylic oxidation sites excluding steroid dienone is 4. The predicted molar refractivity (Wildman–Crippen MR) is 117 cm³/mol. The molecule has 0 bridgehead atoms. The van der Waals surface area contributed by atoms with E-state index in [1.54, 1.807) is 0 Å². The first-order chi connectivity index (χ1) is 12.7. The van der Waals surface area contributed by atoms with Crippen LogP contribution in [0.2, 0.25) is 0 Å². The van der Waals surface area contributed by atoms with E-state index in [2.05, 4.69) is 46.8 Å². The van der Waals surface area contributed by atoms with Crippen molar-refractivity contribution in [3.63, 3.8) is 0 Å². The van der Waals surface area contributed by atoms with E-state index in [-0.39, 0.29) is 16.9 Å². The van der Waals surface area contributed by atoms with E-state index < -0.39 is 0 Å². The first-order valence-electron chi connectivity index (χ1n) is 9.89. The molecule has 0 unspecified atom stereocenters. The molecule has 0 saturated carbocycles. The molecule has 2 heteroatoms. The van der Waals surface area contributed by atoms with Gasteiger partial charge < -0.3 is 10.2 Å². The molecular formula is C25H34O2. The molecule has 0 aromatic heterocycles. The second kappa shape index (κ2) is 8.65. The van der Waals surface area contributed by atoms with Crippen LogP contribution in [0.4, 0.5) is 0 Å². The molecule has 0 atom stereocenters. The normalized spacial score (nSPS) is 13.4. The molecule has 27 heavy (non-hydrogen) atoms. The van der Waals surface area contributed by atoms with Gasteiger partial charge in [0.1, 0.15) is 11.5 Å². The van der Waals surface area contributed by atoms with Crippen molar-refractivity contribution in [2.24, 2.45) is 5.41 Å². The van der Waals surface area contributed by atoms with Gasteiger partial charge in [0.15, 0.2) is 0 Å². The van der Waals surface area contributed by atoms with Crippen LogP contribution in [0.3, 0.4) is 0 Å². The zero-order valence-corrected chi connectivity index (χ0v) is 17.7. The van der Waals surface area contributed by atoms with Gasteiger partial charge in [0.25, 0.3) is 0 Å². The summed E-state index contributed by atoms with van der Waals surface area (Å²) >= 11 is 0. The van der Waals surface area contributed by atoms with Gasteiger partial charge >= 0.3 is 0 Å². The molecule has 0 fully saturated rings. The van der Waals surface area contributed by atoms with Gasteiger partial charge in [-0.25, -0.2) is 0 Å². The maximum absolute atomic E-state index is 10.7. The van der Waals surface area contributed by atoms with Crippen molar-refractivity contribution >= 4 is 10.8 Å². The molecule has 2 nitrogen and oxygen atoms in total. The molecule has 2 rings (SSSR count). The minimum Gasteiger partial charge on any atom is -0.507 e. The SMILES string of the molecule is CC/C(C)=C/CC(C)(C)C/C(C)=C/Cc1c(C)c(O)c2ccccc2c1O. The Morgan fingerprint density at radius 3 is 2.15 bits per heavy atom. The van der Waals surface area contributed by atoms with E-state index in [9.17, 15) is 10.2 Å². The Morgan fingerprint density at radius 1 is 0.963 bits per heavy atom. The number of aromatic hydroxyl groups is 2. The molecule has 0 aliphatic heterocycles. The molecule has 0 radical (unpaired) electrons. The summed E-state index contributed by atoms with van der Waals surface area (Å²) in [5, 5.41) is 22.7. The van der Waals surface area contributed by atoms with Gasteiger partial charge in [-0.15, -0.1) is 0 Å². The predicted octanol–water partition coefficient (Wildman–Crippen LogP) is 7.21. The lowest BCUT2D eigenvalue weighted by Gasteiger charge is -2.24. The van der Waals surface area contributed by atoms with Crippen LogP contribution in [0.15, 0.2) is 47.6 Å². The lowest BCUT2D eigenvalue weighted by molar-refractivity contribution is 0.366. The number of fused-ring (bicyclic) bond motifs is 1. The van der Waals surface area contributed by atoms with E-state index in [0.29, 0.717) is 17.2 Å². The lowest BCUT2D eigenvalue weighted by Crippen LogP contribution is -2.11. The quantitative estimate of drug-likeness (QED) is 0.401. The van der Waals surface area contributed by atoms with Crippen LogP contribution in [0.1, 0.15) is 65.0 Å². The maximum atomic E-state index is 10.7. The largest absolute Gasteiger partial charge is 0.507 e. The summed E-state index contributed by atoms with van der Waals surface area (Å²) in [6.45, 7) is 13.0. The van der Waals surface area contributed by atoms with E-state index in [0.717, 1.165) is 30.4 Å². The average Bonchev–Trinajstić information content (AvgIpc) is 2.64. The van der Waals surface area contributed by atoms with E-state index in [4.69, 9.17) is 0 Å². The fraction of sp³-hybridized carbons (Fsp3) is 0.440. The van der Waals surface area contributed by atoms with Crippen LogP contribution in [0.5, 0.6) is 11.5 Å². The van der Waals surface area contributed by atoms with Crippen LogP contribution in [0.25, 0.3) is 10.8 Å². The summed E-state index contributed by atoms with van der Waals surface area (Å²) in [6, 6.07) is 7.46. The highest BCUT2D eigenvalue weighted by molar-refractivity contribution is 5.95. The monoisotopic (exact) mass is 366 g/mol. The van der Waals surface area contributed by atoms with E-state index >= 15 is 0 Å². The van der Waals surface area contributed by atoms with Gasteiger partial charge in [-0.05, 0) is 57.4 Å². The molecule has 0 aliphatic carbocycles. The van der Waals surface area contributed by atoms with Crippen molar-refractivity contribution in [2.45, 2.75) is 67.2 Å². The number of benzene rings is 2. The molecule has 2 N–H and O–H groups in total. The third-order valence-electron chi connectivity index (χ3n) is 5.50. The molecule has 0 spiro atoms. The summed E-state index contributed by atoms with van der Waals surface area (Å²) in [6.07, 6.45) is 8.36. The van der Waals surface area contributed by atoms with Crippen molar-refractivity contribution in [3.05, 3.63) is 58.7 Å². The number of phenolic OH excluding ortho intramolecular Hbond substituents is 2. The van der Waals surface area contributed by atoms with Crippen LogP contribution >= 0.6 is 0 Å². The Kier molecular flexibility index (Phi) is 6.75. The van der Waals surface area contributed by atoms with Gasteiger partial charge in [0.2, 0.25) is 0 Å². The van der Waals surface area contributed by atoms with Crippen LogP contribution in [0, 0.1) is 12.3 Å². The van der Waals surface area contributed by atoms with Gasteiger partial charge in [-0.3, -0.25) is 0 Å². The van der Waals surface area contributed by atoms with Gasteiger partial charge in [-0.2, -0.15) is 0 Å². The minimum absolute atomic E-state index is 0.208. The third-order valence-corrected chi connectivity index (χ3v) is 5.50. The van der Waals surface area contributed by atoms with Crippen LogP contribution in [-0.4, -0.2) is 10.2 Å². The van der Waals surface area contributed by atoms with Gasteiger partial charge in [-0.1, -0.05) is 68.3 Å². The van der Waals surface area contributed by atoms with Crippen LogP contribution < -0.4 is 0 Å². The summed E-state index contributed by atoms with van der Waals surface area (Å²) in [5.41, 5.74) is 4.53. The number of hydrogen-bond acceptors (Lipinski definition) is 2. The average molecular weight is 367 g/mol. The fourth-order valence-electron chi connectivity index (χ4n) is 3.60.